The van der Waals surface area contributed by atoms with Crippen LogP contribution < -0.4 is 5.69 Å². The summed E-state index contributed by atoms with van der Waals surface area (Å²) in [6.07, 6.45) is 4.79. The van der Waals surface area contributed by atoms with Crippen LogP contribution in [0.2, 0.25) is 0 Å². The molecule has 0 aromatic carbocycles. The van der Waals surface area contributed by atoms with Gasteiger partial charge < -0.3 is 0 Å². The standard InChI is InChI=1S/C10H9N3O/c1-8-3-4-9(7-12-8)13-6-2-5-11-10(13)14/h2-7H,1H3. The lowest BCUT2D eigenvalue weighted by molar-refractivity contribution is 0.905. The molecule has 0 unspecified atom stereocenters. The minimum atomic E-state index is -0.293. The van der Waals surface area contributed by atoms with Gasteiger partial charge in [0.25, 0.3) is 0 Å². The fourth-order valence-electron chi connectivity index (χ4n) is 1.16. The summed E-state index contributed by atoms with van der Waals surface area (Å²) in [6.45, 7) is 1.90. The number of aromatic nitrogens is 3. The predicted octanol–water partition coefficient (Wildman–Crippen LogP) is 0.936. The van der Waals surface area contributed by atoms with Crippen LogP contribution in [-0.2, 0) is 0 Å². The largest absolute Gasteiger partial charge is 0.352 e. The third kappa shape index (κ3) is 1.54. The van der Waals surface area contributed by atoms with Gasteiger partial charge in [-0.15, -0.1) is 0 Å². The van der Waals surface area contributed by atoms with Crippen molar-refractivity contribution in [2.75, 3.05) is 0 Å². The molecule has 4 heteroatoms. The zero-order chi connectivity index (χ0) is 9.97. The van der Waals surface area contributed by atoms with E-state index in [0.717, 1.165) is 11.4 Å². The summed E-state index contributed by atoms with van der Waals surface area (Å²) in [6, 6.07) is 5.40. The second kappa shape index (κ2) is 3.41. The van der Waals surface area contributed by atoms with Gasteiger partial charge in [0.1, 0.15) is 0 Å². The molecule has 0 aliphatic rings. The molecular formula is C10H9N3O. The van der Waals surface area contributed by atoms with Crippen LogP contribution in [-0.4, -0.2) is 14.5 Å². The minimum absolute atomic E-state index is 0.293. The average Bonchev–Trinajstić information content (AvgIpc) is 2.20. The first kappa shape index (κ1) is 8.62. The Morgan fingerprint density at radius 2 is 2.14 bits per heavy atom. The molecule has 2 aromatic heterocycles. The summed E-state index contributed by atoms with van der Waals surface area (Å²) in [4.78, 5) is 19.1. The van der Waals surface area contributed by atoms with Crippen LogP contribution in [0.25, 0.3) is 5.69 Å². The van der Waals surface area contributed by atoms with E-state index in [1.54, 1.807) is 18.5 Å². The highest BCUT2D eigenvalue weighted by atomic mass is 16.1. The van der Waals surface area contributed by atoms with E-state index in [9.17, 15) is 4.79 Å². The quantitative estimate of drug-likeness (QED) is 0.667. The number of nitrogens with zero attached hydrogens (tertiary/aromatic N) is 3. The highest BCUT2D eigenvalue weighted by Gasteiger charge is 1.98. The molecule has 0 amide bonds. The number of rotatable bonds is 1. The van der Waals surface area contributed by atoms with Crippen LogP contribution in [0.4, 0.5) is 0 Å². The van der Waals surface area contributed by atoms with Gasteiger partial charge in [0.2, 0.25) is 0 Å². The van der Waals surface area contributed by atoms with Gasteiger partial charge in [-0.05, 0) is 25.1 Å². The van der Waals surface area contributed by atoms with Crippen molar-refractivity contribution in [1.29, 1.82) is 0 Å². The van der Waals surface area contributed by atoms with E-state index in [2.05, 4.69) is 9.97 Å². The Labute approximate surface area is 80.9 Å². The molecule has 2 rings (SSSR count). The maximum atomic E-state index is 11.3. The zero-order valence-corrected chi connectivity index (χ0v) is 7.71. The van der Waals surface area contributed by atoms with Gasteiger partial charge in [-0.1, -0.05) is 0 Å². The number of aryl methyl sites for hydroxylation is 1. The van der Waals surface area contributed by atoms with Crippen molar-refractivity contribution >= 4 is 0 Å². The first-order valence-corrected chi connectivity index (χ1v) is 4.24. The molecule has 0 bridgehead atoms. The monoisotopic (exact) mass is 187 g/mol. The molecule has 70 valence electrons. The molecule has 14 heavy (non-hydrogen) atoms. The van der Waals surface area contributed by atoms with Crippen LogP contribution in [0.1, 0.15) is 5.69 Å². The first-order valence-electron chi connectivity index (χ1n) is 4.24. The van der Waals surface area contributed by atoms with Crippen molar-refractivity contribution in [2.45, 2.75) is 6.92 Å². The topological polar surface area (TPSA) is 47.8 Å². The molecule has 2 aromatic rings. The number of pyridine rings is 1. The summed E-state index contributed by atoms with van der Waals surface area (Å²) in [5.74, 6) is 0. The van der Waals surface area contributed by atoms with E-state index < -0.39 is 0 Å². The fraction of sp³-hybridized carbons (Fsp3) is 0.100. The Bertz CT molecular complexity index is 487. The van der Waals surface area contributed by atoms with Gasteiger partial charge in [0, 0.05) is 18.1 Å². The van der Waals surface area contributed by atoms with Crippen LogP contribution in [0.15, 0.2) is 41.6 Å². The van der Waals surface area contributed by atoms with Gasteiger partial charge >= 0.3 is 5.69 Å². The molecule has 0 aliphatic heterocycles. The molecule has 0 fully saturated rings. The Hall–Kier alpha value is -1.97. The summed E-state index contributed by atoms with van der Waals surface area (Å²) in [7, 11) is 0. The van der Waals surface area contributed by atoms with Crippen molar-refractivity contribution < 1.29 is 0 Å². The van der Waals surface area contributed by atoms with Crippen LogP contribution >= 0.6 is 0 Å². The van der Waals surface area contributed by atoms with Gasteiger partial charge in [-0.25, -0.2) is 9.78 Å². The summed E-state index contributed by atoms with van der Waals surface area (Å²) < 4.78 is 1.45. The van der Waals surface area contributed by atoms with Gasteiger partial charge in [-0.2, -0.15) is 0 Å². The Morgan fingerprint density at radius 1 is 1.29 bits per heavy atom. The van der Waals surface area contributed by atoms with E-state index in [-0.39, 0.29) is 5.69 Å². The average molecular weight is 187 g/mol. The van der Waals surface area contributed by atoms with Crippen molar-refractivity contribution in [3.8, 4) is 5.69 Å². The highest BCUT2D eigenvalue weighted by molar-refractivity contribution is 5.28. The van der Waals surface area contributed by atoms with Crippen molar-refractivity contribution in [3.63, 3.8) is 0 Å². The van der Waals surface area contributed by atoms with Crippen LogP contribution in [0, 0.1) is 6.92 Å². The molecule has 2 heterocycles. The molecule has 0 spiro atoms. The Balaban J connectivity index is 2.56. The Morgan fingerprint density at radius 3 is 2.79 bits per heavy atom. The summed E-state index contributed by atoms with van der Waals surface area (Å²) >= 11 is 0. The molecule has 0 saturated carbocycles. The van der Waals surface area contributed by atoms with Crippen molar-refractivity contribution in [2.24, 2.45) is 0 Å². The van der Waals surface area contributed by atoms with E-state index >= 15 is 0 Å². The SMILES string of the molecule is Cc1ccc(-n2cccnc2=O)cn1. The Kier molecular flexibility index (Phi) is 2.10. The molecule has 0 radical (unpaired) electrons. The fourth-order valence-corrected chi connectivity index (χ4v) is 1.16. The molecule has 0 aliphatic carbocycles. The summed E-state index contributed by atoms with van der Waals surface area (Å²) in [5.41, 5.74) is 1.36. The number of hydrogen-bond acceptors (Lipinski definition) is 3. The number of hydrogen-bond donors (Lipinski definition) is 0. The third-order valence-corrected chi connectivity index (χ3v) is 1.89. The van der Waals surface area contributed by atoms with E-state index in [4.69, 9.17) is 0 Å². The van der Waals surface area contributed by atoms with Crippen LogP contribution in [0.3, 0.4) is 0 Å². The second-order valence-corrected chi connectivity index (χ2v) is 2.93. The molecule has 0 atom stereocenters. The van der Waals surface area contributed by atoms with Crippen molar-refractivity contribution in [3.05, 3.63) is 53.0 Å². The van der Waals surface area contributed by atoms with Gasteiger partial charge in [0.15, 0.2) is 0 Å². The smallest absolute Gasteiger partial charge is 0.266 e. The lowest BCUT2D eigenvalue weighted by Gasteiger charge is -2.02. The molecule has 4 nitrogen and oxygen atoms in total. The van der Waals surface area contributed by atoms with E-state index in [0.29, 0.717) is 0 Å². The minimum Gasteiger partial charge on any atom is -0.266 e. The van der Waals surface area contributed by atoms with E-state index in [1.807, 2.05) is 19.1 Å². The highest BCUT2D eigenvalue weighted by Crippen LogP contribution is 2.02. The maximum Gasteiger partial charge on any atom is 0.352 e. The van der Waals surface area contributed by atoms with Gasteiger partial charge in [-0.3, -0.25) is 9.55 Å². The van der Waals surface area contributed by atoms with Gasteiger partial charge in [0.05, 0.1) is 11.9 Å². The second-order valence-electron chi connectivity index (χ2n) is 2.93. The molecular weight excluding hydrogens is 178 g/mol. The molecule has 0 N–H and O–H groups in total. The normalized spacial score (nSPS) is 10.1. The third-order valence-electron chi connectivity index (χ3n) is 1.89. The zero-order valence-electron chi connectivity index (χ0n) is 7.71. The lowest BCUT2D eigenvalue weighted by atomic mass is 10.3. The maximum absolute atomic E-state index is 11.3. The van der Waals surface area contributed by atoms with E-state index in [1.165, 1.54) is 10.8 Å². The lowest BCUT2D eigenvalue weighted by Crippen LogP contribution is -2.19. The first-order chi connectivity index (χ1) is 6.77. The van der Waals surface area contributed by atoms with Crippen LogP contribution in [0.5, 0.6) is 0 Å². The molecule has 0 saturated heterocycles. The summed E-state index contributed by atoms with van der Waals surface area (Å²) in [5, 5.41) is 0. The van der Waals surface area contributed by atoms with Crippen molar-refractivity contribution in [1.82, 2.24) is 14.5 Å². The predicted molar refractivity (Wildman–Crippen MR) is 52.4 cm³/mol.